The van der Waals surface area contributed by atoms with E-state index < -0.39 is 32.3 Å². The van der Waals surface area contributed by atoms with E-state index in [0.29, 0.717) is 0 Å². The predicted molar refractivity (Wildman–Crippen MR) is 103 cm³/mol. The smallest absolute Gasteiger partial charge is 0.407 e. The van der Waals surface area contributed by atoms with Gasteiger partial charge in [-0.2, -0.15) is 0 Å². The number of benzene rings is 1. The minimum Gasteiger partial charge on any atom is -0.481 e. The molecule has 0 saturated carbocycles. The average molecular weight is 382 g/mol. The molecule has 1 aromatic rings. The summed E-state index contributed by atoms with van der Waals surface area (Å²) in [5.74, 6) is -1.78. The molecule has 0 aliphatic rings. The van der Waals surface area contributed by atoms with Crippen LogP contribution in [0.25, 0.3) is 0 Å². The first-order valence-corrected chi connectivity index (χ1v) is 11.7. The zero-order valence-corrected chi connectivity index (χ0v) is 17.5. The van der Waals surface area contributed by atoms with Crippen LogP contribution in [-0.2, 0) is 20.6 Å². The van der Waals surface area contributed by atoms with E-state index in [9.17, 15) is 14.7 Å². The van der Waals surface area contributed by atoms with Gasteiger partial charge in [-0.15, -0.1) is 0 Å². The fraction of sp³-hybridized carbons (Fsp3) is 0.579. The molecule has 0 radical (unpaired) electrons. The molecule has 0 spiro atoms. The summed E-state index contributed by atoms with van der Waals surface area (Å²) in [6, 6.07) is 8.64. The highest BCUT2D eigenvalue weighted by Crippen LogP contribution is 2.36. The van der Waals surface area contributed by atoms with Gasteiger partial charge in [0.25, 0.3) is 0 Å². The Morgan fingerprint density at radius 3 is 2.27 bits per heavy atom. The first kappa shape index (κ1) is 22.2. The van der Waals surface area contributed by atoms with E-state index in [-0.39, 0.29) is 18.3 Å². The molecule has 0 aromatic heterocycles. The van der Waals surface area contributed by atoms with Crippen molar-refractivity contribution in [1.82, 2.24) is 5.32 Å². The number of carbonyl (C=O) groups excluding carboxylic acids is 1. The van der Waals surface area contributed by atoms with Crippen LogP contribution in [0.3, 0.4) is 0 Å². The minimum absolute atomic E-state index is 0.00215. The number of nitrogens with one attached hydrogen (secondary N) is 1. The third kappa shape index (κ3) is 6.80. The molecule has 1 rings (SSSR count). The molecule has 146 valence electrons. The number of amides is 1. The Balaban J connectivity index is 2.68. The van der Waals surface area contributed by atoms with Crippen LogP contribution in [0.5, 0.6) is 0 Å². The van der Waals surface area contributed by atoms with E-state index >= 15 is 0 Å². The normalized spacial score (nSPS) is 14.4. The summed E-state index contributed by atoms with van der Waals surface area (Å²) in [5, 5.41) is 12.0. The Kier molecular flexibility index (Phi) is 7.83. The Hall–Kier alpha value is -1.86. The Morgan fingerprint density at radius 1 is 1.19 bits per heavy atom. The van der Waals surface area contributed by atoms with Gasteiger partial charge in [0.15, 0.2) is 8.32 Å². The number of carboxylic acids is 1. The number of ether oxygens (including phenoxy) is 1. The summed E-state index contributed by atoms with van der Waals surface area (Å²) in [4.78, 5) is 23.5. The second kappa shape index (κ2) is 9.18. The summed E-state index contributed by atoms with van der Waals surface area (Å²) in [5.41, 5.74) is 0.864. The van der Waals surface area contributed by atoms with Crippen molar-refractivity contribution in [3.63, 3.8) is 0 Å². The van der Waals surface area contributed by atoms with Gasteiger partial charge in [0, 0.05) is 0 Å². The number of aliphatic carboxylic acids is 1. The molecule has 26 heavy (non-hydrogen) atoms. The van der Waals surface area contributed by atoms with Gasteiger partial charge in [0.2, 0.25) is 0 Å². The fourth-order valence-corrected chi connectivity index (χ4v) is 2.94. The van der Waals surface area contributed by atoms with Gasteiger partial charge in [-0.05, 0) is 30.6 Å². The third-order valence-electron chi connectivity index (χ3n) is 4.94. The highest BCUT2D eigenvalue weighted by atomic mass is 28.4. The standard InChI is InChI=1S/C19H31NO5Si/c1-14(17(21)22)16(13-25-26(5,6)19(2,3)4)20-18(23)24-12-15-10-8-7-9-11-15/h7-11,14,16H,12-13H2,1-6H3,(H,20,23)(H,21,22)/t14-,16+/m0/s1. The molecule has 2 N–H and O–H groups in total. The number of hydrogen-bond acceptors (Lipinski definition) is 4. The second-order valence-electron chi connectivity index (χ2n) is 8.01. The van der Waals surface area contributed by atoms with Crippen molar-refractivity contribution in [3.05, 3.63) is 35.9 Å². The van der Waals surface area contributed by atoms with Crippen LogP contribution in [0.1, 0.15) is 33.3 Å². The molecule has 0 bridgehead atoms. The Bertz CT molecular complexity index is 598. The predicted octanol–water partition coefficient (Wildman–Crippen LogP) is 4.02. The lowest BCUT2D eigenvalue weighted by Crippen LogP contribution is -2.50. The molecule has 0 aliphatic heterocycles. The minimum atomic E-state index is -2.06. The Labute approximate surface area is 157 Å². The first-order chi connectivity index (χ1) is 11.9. The maximum absolute atomic E-state index is 12.1. The van der Waals surface area contributed by atoms with Gasteiger partial charge in [0.05, 0.1) is 18.6 Å². The number of carbonyl (C=O) groups is 2. The van der Waals surface area contributed by atoms with Crippen LogP contribution in [0.4, 0.5) is 4.79 Å². The molecule has 2 atom stereocenters. The molecule has 0 aliphatic carbocycles. The summed E-state index contributed by atoms with van der Waals surface area (Å²) in [7, 11) is -2.06. The summed E-state index contributed by atoms with van der Waals surface area (Å²) in [6.45, 7) is 12.3. The van der Waals surface area contributed by atoms with Gasteiger partial charge in [-0.3, -0.25) is 4.79 Å². The molecule has 6 nitrogen and oxygen atoms in total. The zero-order valence-electron chi connectivity index (χ0n) is 16.5. The van der Waals surface area contributed by atoms with Crippen molar-refractivity contribution < 1.29 is 23.9 Å². The van der Waals surface area contributed by atoms with Gasteiger partial charge in [-0.25, -0.2) is 4.79 Å². The first-order valence-electron chi connectivity index (χ1n) is 8.78. The van der Waals surface area contributed by atoms with Gasteiger partial charge in [0.1, 0.15) is 6.61 Å². The molecule has 7 heteroatoms. The molecular formula is C19H31NO5Si. The van der Waals surface area contributed by atoms with E-state index in [1.165, 1.54) is 0 Å². The van der Waals surface area contributed by atoms with Crippen molar-refractivity contribution >= 4 is 20.4 Å². The summed E-state index contributed by atoms with van der Waals surface area (Å²) >= 11 is 0. The molecule has 0 fully saturated rings. The molecular weight excluding hydrogens is 350 g/mol. The van der Waals surface area contributed by atoms with E-state index in [4.69, 9.17) is 9.16 Å². The lowest BCUT2D eigenvalue weighted by Gasteiger charge is -2.37. The molecule has 1 aromatic carbocycles. The monoisotopic (exact) mass is 381 g/mol. The largest absolute Gasteiger partial charge is 0.481 e. The average Bonchev–Trinajstić information content (AvgIpc) is 2.56. The van der Waals surface area contributed by atoms with E-state index in [2.05, 4.69) is 39.2 Å². The summed E-state index contributed by atoms with van der Waals surface area (Å²) < 4.78 is 11.3. The lowest BCUT2D eigenvalue weighted by atomic mass is 10.0. The van der Waals surface area contributed by atoms with E-state index in [0.717, 1.165) is 5.56 Å². The van der Waals surface area contributed by atoms with E-state index in [1.54, 1.807) is 6.92 Å². The van der Waals surface area contributed by atoms with Crippen LogP contribution >= 0.6 is 0 Å². The molecule has 0 saturated heterocycles. The lowest BCUT2D eigenvalue weighted by molar-refractivity contribution is -0.142. The zero-order chi connectivity index (χ0) is 20.0. The quantitative estimate of drug-likeness (QED) is 0.664. The van der Waals surface area contributed by atoms with Gasteiger partial charge < -0.3 is 19.6 Å². The van der Waals surface area contributed by atoms with Crippen molar-refractivity contribution in [3.8, 4) is 0 Å². The maximum Gasteiger partial charge on any atom is 0.407 e. The van der Waals surface area contributed by atoms with Crippen LogP contribution in [-0.4, -0.2) is 38.1 Å². The van der Waals surface area contributed by atoms with Crippen LogP contribution in [0.15, 0.2) is 30.3 Å². The van der Waals surface area contributed by atoms with Gasteiger partial charge >= 0.3 is 12.1 Å². The highest BCUT2D eigenvalue weighted by Gasteiger charge is 2.38. The molecule has 1 amide bonds. The van der Waals surface area contributed by atoms with E-state index in [1.807, 2.05) is 30.3 Å². The number of rotatable bonds is 8. The highest BCUT2D eigenvalue weighted by molar-refractivity contribution is 6.74. The third-order valence-corrected chi connectivity index (χ3v) is 9.44. The maximum atomic E-state index is 12.1. The van der Waals surface area contributed by atoms with Crippen molar-refractivity contribution in [1.29, 1.82) is 0 Å². The summed E-state index contributed by atoms with van der Waals surface area (Å²) in [6.07, 6.45) is -0.647. The number of alkyl carbamates (subject to hydrolysis) is 1. The fourth-order valence-electron chi connectivity index (χ4n) is 1.91. The second-order valence-corrected chi connectivity index (χ2v) is 12.8. The van der Waals surface area contributed by atoms with Crippen molar-refractivity contribution in [2.45, 2.75) is 58.5 Å². The SMILES string of the molecule is C[C@H](C(=O)O)[C@@H](CO[Si](C)(C)C(C)(C)C)NC(=O)OCc1ccccc1. The number of carboxylic acid groups (broad SMARTS) is 1. The van der Waals surface area contributed by atoms with Crippen molar-refractivity contribution in [2.24, 2.45) is 5.92 Å². The molecule has 0 heterocycles. The van der Waals surface area contributed by atoms with Crippen LogP contribution < -0.4 is 5.32 Å². The van der Waals surface area contributed by atoms with Crippen LogP contribution in [0.2, 0.25) is 18.1 Å². The molecule has 0 unspecified atom stereocenters. The number of hydrogen-bond donors (Lipinski definition) is 2. The van der Waals surface area contributed by atoms with Crippen LogP contribution in [0, 0.1) is 5.92 Å². The Morgan fingerprint density at radius 2 is 1.77 bits per heavy atom. The van der Waals surface area contributed by atoms with Crippen molar-refractivity contribution in [2.75, 3.05) is 6.61 Å². The topological polar surface area (TPSA) is 84.9 Å². The van der Waals surface area contributed by atoms with Gasteiger partial charge in [-0.1, -0.05) is 51.1 Å².